The third kappa shape index (κ3) is 5.05. The highest BCUT2D eigenvalue weighted by Crippen LogP contribution is 2.29. The molecule has 162 valence electrons. The third-order valence-corrected chi connectivity index (χ3v) is 5.46. The molecule has 1 saturated heterocycles. The molecule has 0 saturated carbocycles. The van der Waals surface area contributed by atoms with Gasteiger partial charge >= 0.3 is 0 Å². The summed E-state index contributed by atoms with van der Waals surface area (Å²) < 4.78 is 5.83. The van der Waals surface area contributed by atoms with E-state index in [1.54, 1.807) is 12.3 Å². The third-order valence-electron chi connectivity index (χ3n) is 5.46. The summed E-state index contributed by atoms with van der Waals surface area (Å²) >= 11 is 0. The standard InChI is InChI=1S/C24H30N6O/c1-3-17-8-10-19(14-21(17)31-4-2)27-23-15-20(18-9-11-22(25)26-16-18)28-24(29-23)30-12-6-5-7-13-30/h8-11,14-16H,3-7,12-13H2,1-2H3,(H2,25,26)(H,27,28,29). The van der Waals surface area contributed by atoms with Gasteiger partial charge in [0.25, 0.3) is 0 Å². The molecule has 1 aliphatic heterocycles. The van der Waals surface area contributed by atoms with Crippen LogP contribution in [0, 0.1) is 0 Å². The molecular weight excluding hydrogens is 388 g/mol. The molecule has 3 heterocycles. The van der Waals surface area contributed by atoms with Gasteiger partial charge in [0.15, 0.2) is 0 Å². The molecule has 7 nitrogen and oxygen atoms in total. The van der Waals surface area contributed by atoms with Crippen LogP contribution in [-0.4, -0.2) is 34.6 Å². The molecule has 0 radical (unpaired) electrons. The zero-order valence-corrected chi connectivity index (χ0v) is 18.3. The molecule has 2 aromatic heterocycles. The fourth-order valence-electron chi connectivity index (χ4n) is 3.80. The minimum atomic E-state index is 0.492. The van der Waals surface area contributed by atoms with Gasteiger partial charge in [0.2, 0.25) is 5.95 Å². The first-order valence-corrected chi connectivity index (χ1v) is 11.0. The average molecular weight is 419 g/mol. The Kier molecular flexibility index (Phi) is 6.50. The van der Waals surface area contributed by atoms with Gasteiger partial charge in [-0.1, -0.05) is 13.0 Å². The second-order valence-corrected chi connectivity index (χ2v) is 7.69. The van der Waals surface area contributed by atoms with Crippen molar-refractivity contribution in [2.45, 2.75) is 39.5 Å². The van der Waals surface area contributed by atoms with Crippen LogP contribution in [0.25, 0.3) is 11.3 Å². The number of anilines is 4. The predicted molar refractivity (Wildman–Crippen MR) is 126 cm³/mol. The van der Waals surface area contributed by atoms with E-state index in [2.05, 4.69) is 34.3 Å². The maximum Gasteiger partial charge on any atom is 0.227 e. The molecule has 3 aromatic rings. The number of rotatable bonds is 7. The number of piperidine rings is 1. The van der Waals surface area contributed by atoms with Gasteiger partial charge in [0.05, 0.1) is 12.3 Å². The summed E-state index contributed by atoms with van der Waals surface area (Å²) in [4.78, 5) is 16.2. The van der Waals surface area contributed by atoms with Crippen molar-refractivity contribution in [2.75, 3.05) is 35.6 Å². The summed E-state index contributed by atoms with van der Waals surface area (Å²) in [6.07, 6.45) is 6.26. The van der Waals surface area contributed by atoms with Gasteiger partial charge in [-0.2, -0.15) is 4.98 Å². The summed E-state index contributed by atoms with van der Waals surface area (Å²) in [6, 6.07) is 11.9. The first kappa shape index (κ1) is 20.9. The highest BCUT2D eigenvalue weighted by Gasteiger charge is 2.16. The number of hydrogen-bond acceptors (Lipinski definition) is 7. The van der Waals surface area contributed by atoms with Gasteiger partial charge in [0, 0.05) is 42.7 Å². The Morgan fingerprint density at radius 2 is 1.87 bits per heavy atom. The normalized spacial score (nSPS) is 13.8. The molecule has 1 fully saturated rings. The molecule has 7 heteroatoms. The highest BCUT2D eigenvalue weighted by atomic mass is 16.5. The number of nitrogen functional groups attached to an aromatic ring is 1. The van der Waals surface area contributed by atoms with Gasteiger partial charge < -0.3 is 20.7 Å². The van der Waals surface area contributed by atoms with Crippen molar-refractivity contribution < 1.29 is 4.74 Å². The number of nitrogens with one attached hydrogen (secondary N) is 1. The van der Waals surface area contributed by atoms with E-state index >= 15 is 0 Å². The maximum absolute atomic E-state index is 5.83. The Morgan fingerprint density at radius 3 is 2.58 bits per heavy atom. The van der Waals surface area contributed by atoms with Crippen molar-refractivity contribution in [2.24, 2.45) is 0 Å². The summed E-state index contributed by atoms with van der Waals surface area (Å²) in [5.74, 6) is 2.89. The van der Waals surface area contributed by atoms with Crippen LogP contribution in [0.5, 0.6) is 5.75 Å². The van der Waals surface area contributed by atoms with Crippen molar-refractivity contribution in [3.63, 3.8) is 0 Å². The Hall–Kier alpha value is -3.35. The molecule has 3 N–H and O–H groups in total. The molecule has 1 aliphatic rings. The van der Waals surface area contributed by atoms with E-state index in [-0.39, 0.29) is 0 Å². The number of aromatic nitrogens is 3. The lowest BCUT2D eigenvalue weighted by Crippen LogP contribution is -2.31. The van der Waals surface area contributed by atoms with Crippen LogP contribution < -0.4 is 20.7 Å². The van der Waals surface area contributed by atoms with E-state index in [4.69, 9.17) is 20.4 Å². The van der Waals surface area contributed by atoms with Crippen molar-refractivity contribution in [1.82, 2.24) is 15.0 Å². The van der Waals surface area contributed by atoms with E-state index < -0.39 is 0 Å². The summed E-state index contributed by atoms with van der Waals surface area (Å²) in [5, 5.41) is 3.45. The Balaban J connectivity index is 1.69. The quantitative estimate of drug-likeness (QED) is 0.569. The van der Waals surface area contributed by atoms with Crippen LogP contribution in [0.4, 0.5) is 23.3 Å². The van der Waals surface area contributed by atoms with Crippen LogP contribution in [0.15, 0.2) is 42.6 Å². The summed E-state index contributed by atoms with van der Waals surface area (Å²) in [6.45, 7) is 6.72. The molecule has 0 atom stereocenters. The fraction of sp³-hybridized carbons (Fsp3) is 0.375. The Morgan fingerprint density at radius 1 is 1.03 bits per heavy atom. The molecule has 4 rings (SSSR count). The molecule has 0 unspecified atom stereocenters. The number of pyridine rings is 1. The van der Waals surface area contributed by atoms with E-state index in [0.29, 0.717) is 12.4 Å². The molecule has 0 aliphatic carbocycles. The largest absolute Gasteiger partial charge is 0.494 e. The number of benzene rings is 1. The smallest absolute Gasteiger partial charge is 0.227 e. The van der Waals surface area contributed by atoms with Crippen LogP contribution in [-0.2, 0) is 6.42 Å². The SMILES string of the molecule is CCOc1cc(Nc2cc(-c3ccc(N)nc3)nc(N3CCCCC3)n2)ccc1CC. The van der Waals surface area contributed by atoms with Crippen molar-refractivity contribution in [3.8, 4) is 17.0 Å². The van der Waals surface area contributed by atoms with Crippen molar-refractivity contribution in [1.29, 1.82) is 0 Å². The Bertz CT molecular complexity index is 1020. The summed E-state index contributed by atoms with van der Waals surface area (Å²) in [5.41, 5.74) is 9.63. The lowest BCUT2D eigenvalue weighted by molar-refractivity contribution is 0.337. The molecule has 31 heavy (non-hydrogen) atoms. The van der Waals surface area contributed by atoms with Crippen molar-refractivity contribution >= 4 is 23.3 Å². The Labute approximate surface area is 183 Å². The minimum absolute atomic E-state index is 0.492. The second-order valence-electron chi connectivity index (χ2n) is 7.69. The number of aryl methyl sites for hydroxylation is 1. The second kappa shape index (κ2) is 9.64. The lowest BCUT2D eigenvalue weighted by atomic mass is 10.1. The van der Waals surface area contributed by atoms with Crippen LogP contribution in [0.2, 0.25) is 0 Å². The minimum Gasteiger partial charge on any atom is -0.494 e. The lowest BCUT2D eigenvalue weighted by Gasteiger charge is -2.27. The number of hydrogen-bond donors (Lipinski definition) is 2. The first-order chi connectivity index (χ1) is 15.2. The first-order valence-electron chi connectivity index (χ1n) is 11.0. The van der Waals surface area contributed by atoms with Crippen LogP contribution in [0.1, 0.15) is 38.7 Å². The number of nitrogens with zero attached hydrogens (tertiary/aromatic N) is 4. The van der Waals surface area contributed by atoms with Gasteiger partial charge in [0.1, 0.15) is 17.4 Å². The maximum atomic E-state index is 5.83. The average Bonchev–Trinajstić information content (AvgIpc) is 2.80. The van der Waals surface area contributed by atoms with Crippen LogP contribution >= 0.6 is 0 Å². The highest BCUT2D eigenvalue weighted by molar-refractivity contribution is 5.68. The topological polar surface area (TPSA) is 89.2 Å². The molecule has 0 bridgehead atoms. The van der Waals surface area contributed by atoms with Gasteiger partial charge in [-0.3, -0.25) is 0 Å². The van der Waals surface area contributed by atoms with E-state index in [9.17, 15) is 0 Å². The van der Waals surface area contributed by atoms with Gasteiger partial charge in [-0.05, 0) is 56.4 Å². The summed E-state index contributed by atoms with van der Waals surface area (Å²) in [7, 11) is 0. The molecule has 1 aromatic carbocycles. The molecule has 0 spiro atoms. The van der Waals surface area contributed by atoms with E-state index in [1.165, 1.54) is 12.0 Å². The fourth-order valence-corrected chi connectivity index (χ4v) is 3.80. The van der Waals surface area contributed by atoms with Crippen LogP contribution in [0.3, 0.4) is 0 Å². The number of ether oxygens (including phenoxy) is 1. The number of nitrogens with two attached hydrogens (primary N) is 1. The predicted octanol–water partition coefficient (Wildman–Crippen LogP) is 4.82. The molecular formula is C24H30N6O. The zero-order valence-electron chi connectivity index (χ0n) is 18.3. The van der Waals surface area contributed by atoms with E-state index in [1.807, 2.05) is 25.1 Å². The molecule has 0 amide bonds. The monoisotopic (exact) mass is 418 g/mol. The van der Waals surface area contributed by atoms with Gasteiger partial charge in [-0.15, -0.1) is 0 Å². The zero-order chi connectivity index (χ0) is 21.6. The van der Waals surface area contributed by atoms with Crippen molar-refractivity contribution in [3.05, 3.63) is 48.2 Å². The van der Waals surface area contributed by atoms with E-state index in [0.717, 1.165) is 66.8 Å². The van der Waals surface area contributed by atoms with Gasteiger partial charge in [-0.25, -0.2) is 9.97 Å².